The molecule has 4 heteroatoms. The average Bonchev–Trinajstić information content (AvgIpc) is 2.78. The Morgan fingerprint density at radius 2 is 1.90 bits per heavy atom. The van der Waals surface area contributed by atoms with E-state index >= 15 is 0 Å². The molecular formula is C16H22N4. The van der Waals surface area contributed by atoms with Crippen LogP contribution < -0.4 is 5.73 Å². The van der Waals surface area contributed by atoms with E-state index < -0.39 is 0 Å². The van der Waals surface area contributed by atoms with Gasteiger partial charge in [0.05, 0.1) is 0 Å². The Balaban J connectivity index is 1.94. The molecule has 1 aromatic heterocycles. The molecule has 0 saturated carbocycles. The molecule has 0 bridgehead atoms. The number of nitrogen functional groups attached to an aromatic ring is 1. The summed E-state index contributed by atoms with van der Waals surface area (Å²) in [6.07, 6.45) is 2.24. The molecule has 0 aliphatic carbocycles. The van der Waals surface area contributed by atoms with E-state index in [0.29, 0.717) is 11.9 Å². The third-order valence-corrected chi connectivity index (χ3v) is 4.07. The van der Waals surface area contributed by atoms with Crippen molar-refractivity contribution in [2.24, 2.45) is 0 Å². The van der Waals surface area contributed by atoms with Crippen molar-refractivity contribution >= 4 is 5.95 Å². The smallest absolute Gasteiger partial charge is 0.239 e. The molecule has 106 valence electrons. The van der Waals surface area contributed by atoms with Crippen LogP contribution in [0.4, 0.5) is 5.95 Å². The first-order valence-corrected chi connectivity index (χ1v) is 7.26. The molecule has 3 rings (SSSR count). The molecule has 0 fully saturated rings. The number of fused-ring (bicyclic) bond motifs is 1. The number of hydrogen-bond donors (Lipinski definition) is 1. The van der Waals surface area contributed by atoms with Gasteiger partial charge in [-0.25, -0.2) is 4.68 Å². The van der Waals surface area contributed by atoms with Crippen LogP contribution in [0, 0.1) is 0 Å². The zero-order valence-electron chi connectivity index (χ0n) is 12.4. The van der Waals surface area contributed by atoms with Crippen LogP contribution >= 0.6 is 0 Å². The molecule has 1 unspecified atom stereocenters. The summed E-state index contributed by atoms with van der Waals surface area (Å²) in [5.41, 5.74) is 8.60. The molecule has 0 amide bonds. The first-order chi connectivity index (χ1) is 9.45. The second kappa shape index (κ2) is 4.62. The number of nitrogens with zero attached hydrogens (tertiary/aromatic N) is 3. The minimum atomic E-state index is 0.190. The molecule has 2 aromatic rings. The summed E-state index contributed by atoms with van der Waals surface area (Å²) in [6, 6.07) is 8.92. The van der Waals surface area contributed by atoms with Gasteiger partial charge in [-0.1, -0.05) is 45.0 Å². The predicted molar refractivity (Wildman–Crippen MR) is 80.7 cm³/mol. The highest BCUT2D eigenvalue weighted by molar-refractivity contribution is 5.33. The topological polar surface area (TPSA) is 56.7 Å². The number of aromatic nitrogens is 3. The van der Waals surface area contributed by atoms with Crippen LogP contribution in [0.2, 0.25) is 0 Å². The quantitative estimate of drug-likeness (QED) is 0.866. The Morgan fingerprint density at radius 1 is 1.20 bits per heavy atom. The normalized spacial score (nSPS) is 18.9. The fourth-order valence-corrected chi connectivity index (χ4v) is 2.90. The van der Waals surface area contributed by atoms with Gasteiger partial charge in [0.15, 0.2) is 0 Å². The van der Waals surface area contributed by atoms with Gasteiger partial charge in [0, 0.05) is 12.5 Å². The van der Waals surface area contributed by atoms with Crippen LogP contribution in [-0.4, -0.2) is 14.8 Å². The molecule has 0 spiro atoms. The maximum atomic E-state index is 5.74. The van der Waals surface area contributed by atoms with Crippen LogP contribution in [0.1, 0.15) is 56.5 Å². The summed E-state index contributed by atoms with van der Waals surface area (Å²) in [4.78, 5) is 4.41. The van der Waals surface area contributed by atoms with E-state index in [4.69, 9.17) is 5.73 Å². The average molecular weight is 270 g/mol. The summed E-state index contributed by atoms with van der Waals surface area (Å²) >= 11 is 0. The van der Waals surface area contributed by atoms with Gasteiger partial charge in [-0.2, -0.15) is 4.98 Å². The van der Waals surface area contributed by atoms with E-state index in [1.807, 2.05) is 4.68 Å². The lowest BCUT2D eigenvalue weighted by molar-refractivity contribution is 0.446. The summed E-state index contributed by atoms with van der Waals surface area (Å²) in [6.45, 7) is 7.63. The van der Waals surface area contributed by atoms with Crippen molar-refractivity contribution in [2.45, 2.75) is 51.5 Å². The van der Waals surface area contributed by atoms with E-state index in [1.165, 1.54) is 11.1 Å². The molecule has 1 aromatic carbocycles. The largest absolute Gasteiger partial charge is 0.366 e. The minimum absolute atomic E-state index is 0.190. The lowest BCUT2D eigenvalue weighted by atomic mass is 9.84. The number of anilines is 1. The lowest BCUT2D eigenvalue weighted by Gasteiger charge is -2.24. The molecule has 1 aliphatic rings. The first-order valence-electron chi connectivity index (χ1n) is 7.26. The van der Waals surface area contributed by atoms with Crippen molar-refractivity contribution in [3.63, 3.8) is 0 Å². The van der Waals surface area contributed by atoms with Crippen LogP contribution in [0.3, 0.4) is 0 Å². The Labute approximate surface area is 120 Å². The van der Waals surface area contributed by atoms with E-state index in [-0.39, 0.29) is 5.41 Å². The van der Waals surface area contributed by atoms with Crippen molar-refractivity contribution in [3.05, 3.63) is 41.2 Å². The SMILES string of the molecule is CC(C)(C)c1ccc(C2CCCn3nc(N)nc32)cc1. The number of hydrogen-bond acceptors (Lipinski definition) is 3. The van der Waals surface area contributed by atoms with Crippen molar-refractivity contribution in [1.82, 2.24) is 14.8 Å². The third-order valence-electron chi connectivity index (χ3n) is 4.07. The van der Waals surface area contributed by atoms with E-state index in [9.17, 15) is 0 Å². The van der Waals surface area contributed by atoms with Crippen molar-refractivity contribution in [3.8, 4) is 0 Å². The predicted octanol–water partition coefficient (Wildman–Crippen LogP) is 3.08. The summed E-state index contributed by atoms with van der Waals surface area (Å²) in [5.74, 6) is 1.72. The molecule has 0 radical (unpaired) electrons. The standard InChI is InChI=1S/C16H22N4/c1-16(2,3)12-8-6-11(7-9-12)13-5-4-10-20-14(13)18-15(17)19-20/h6-9,13H,4-5,10H2,1-3H3,(H2,17,19). The van der Waals surface area contributed by atoms with Crippen molar-refractivity contribution in [2.75, 3.05) is 5.73 Å². The molecule has 1 atom stereocenters. The second-order valence-corrected chi connectivity index (χ2v) is 6.62. The fraction of sp³-hybridized carbons (Fsp3) is 0.500. The minimum Gasteiger partial charge on any atom is -0.366 e. The highest BCUT2D eigenvalue weighted by Crippen LogP contribution is 2.33. The molecule has 20 heavy (non-hydrogen) atoms. The number of rotatable bonds is 1. The van der Waals surface area contributed by atoms with Gasteiger partial charge in [-0.15, -0.1) is 5.10 Å². The van der Waals surface area contributed by atoms with Crippen LogP contribution in [0.15, 0.2) is 24.3 Å². The van der Waals surface area contributed by atoms with E-state index in [2.05, 4.69) is 55.1 Å². The van der Waals surface area contributed by atoms with Gasteiger partial charge >= 0.3 is 0 Å². The Bertz CT molecular complexity index is 604. The van der Waals surface area contributed by atoms with Crippen LogP contribution in [0.25, 0.3) is 0 Å². The molecule has 1 aliphatic heterocycles. The highest BCUT2D eigenvalue weighted by Gasteiger charge is 2.25. The van der Waals surface area contributed by atoms with Crippen LogP contribution in [0.5, 0.6) is 0 Å². The molecule has 2 heterocycles. The van der Waals surface area contributed by atoms with Gasteiger partial charge in [-0.3, -0.25) is 0 Å². The van der Waals surface area contributed by atoms with Gasteiger partial charge in [0.2, 0.25) is 5.95 Å². The zero-order chi connectivity index (χ0) is 14.3. The highest BCUT2D eigenvalue weighted by atomic mass is 15.4. The Hall–Kier alpha value is -1.84. The summed E-state index contributed by atoms with van der Waals surface area (Å²) < 4.78 is 1.96. The first kappa shape index (κ1) is 13.2. The maximum absolute atomic E-state index is 5.74. The van der Waals surface area contributed by atoms with Crippen molar-refractivity contribution < 1.29 is 0 Å². The Kier molecular flexibility index (Phi) is 3.04. The molecule has 0 saturated heterocycles. The number of aryl methyl sites for hydroxylation is 1. The third kappa shape index (κ3) is 2.30. The number of nitrogens with two attached hydrogens (primary N) is 1. The summed E-state index contributed by atoms with van der Waals surface area (Å²) in [7, 11) is 0. The zero-order valence-corrected chi connectivity index (χ0v) is 12.4. The van der Waals surface area contributed by atoms with Crippen molar-refractivity contribution in [1.29, 1.82) is 0 Å². The van der Waals surface area contributed by atoms with E-state index in [0.717, 1.165) is 25.2 Å². The molecular weight excluding hydrogens is 248 g/mol. The molecule has 4 nitrogen and oxygen atoms in total. The fourth-order valence-electron chi connectivity index (χ4n) is 2.90. The van der Waals surface area contributed by atoms with Gasteiger partial charge in [0.1, 0.15) is 5.82 Å². The maximum Gasteiger partial charge on any atom is 0.239 e. The van der Waals surface area contributed by atoms with Crippen LogP contribution in [-0.2, 0) is 12.0 Å². The second-order valence-electron chi connectivity index (χ2n) is 6.62. The van der Waals surface area contributed by atoms with Gasteiger partial charge in [-0.05, 0) is 29.4 Å². The van der Waals surface area contributed by atoms with Gasteiger partial charge in [0.25, 0.3) is 0 Å². The van der Waals surface area contributed by atoms with Gasteiger partial charge < -0.3 is 5.73 Å². The lowest BCUT2D eigenvalue weighted by Crippen LogP contribution is -2.18. The van der Waals surface area contributed by atoms with E-state index in [1.54, 1.807) is 0 Å². The summed E-state index contributed by atoms with van der Waals surface area (Å²) in [5, 5.41) is 4.27. The molecule has 2 N–H and O–H groups in total. The monoisotopic (exact) mass is 270 g/mol. The Morgan fingerprint density at radius 3 is 2.55 bits per heavy atom. The number of benzene rings is 1.